The Morgan fingerprint density at radius 3 is 2.29 bits per heavy atom. The molecule has 0 spiro atoms. The molecule has 1 aromatic rings. The van der Waals surface area contributed by atoms with Gasteiger partial charge in [0.25, 0.3) is 0 Å². The van der Waals surface area contributed by atoms with E-state index in [1.165, 1.54) is 4.90 Å². The minimum absolute atomic E-state index is 0.308. The van der Waals surface area contributed by atoms with E-state index in [1.54, 1.807) is 40.0 Å². The number of carbonyl (C=O) groups is 2. The third kappa shape index (κ3) is 5.45. The van der Waals surface area contributed by atoms with E-state index < -0.39 is 17.6 Å². The highest BCUT2D eigenvalue weighted by molar-refractivity contribution is 5.84. The molecule has 0 heterocycles. The molecule has 0 fully saturated rings. The highest BCUT2D eigenvalue weighted by Crippen LogP contribution is 2.18. The number of hydrogen-bond acceptors (Lipinski definition) is 3. The minimum atomic E-state index is -0.813. The van der Waals surface area contributed by atoms with E-state index in [0.717, 1.165) is 0 Å². The van der Waals surface area contributed by atoms with Crippen molar-refractivity contribution in [3.05, 3.63) is 35.9 Å². The second kappa shape index (κ2) is 7.11. The van der Waals surface area contributed by atoms with Gasteiger partial charge in [0.05, 0.1) is 0 Å². The summed E-state index contributed by atoms with van der Waals surface area (Å²) in [5.74, 6) is -0.466. The Morgan fingerprint density at radius 1 is 1.24 bits per heavy atom. The lowest BCUT2D eigenvalue weighted by Crippen LogP contribution is -2.43. The number of benzene rings is 1. The van der Waals surface area contributed by atoms with Crippen LogP contribution in [0, 0.1) is 0 Å². The first-order valence-corrected chi connectivity index (χ1v) is 7.04. The molecule has 1 N–H and O–H groups in total. The first kappa shape index (κ1) is 17.0. The Hall–Kier alpha value is -2.04. The van der Waals surface area contributed by atoms with Gasteiger partial charge in [-0.1, -0.05) is 30.3 Å². The Kier molecular flexibility index (Phi) is 5.76. The fraction of sp³-hybridized carbons (Fsp3) is 0.500. The van der Waals surface area contributed by atoms with Gasteiger partial charge in [-0.25, -0.2) is 9.59 Å². The molecule has 0 aliphatic carbocycles. The van der Waals surface area contributed by atoms with Crippen molar-refractivity contribution in [1.82, 2.24) is 10.2 Å². The molecule has 1 atom stereocenters. The van der Waals surface area contributed by atoms with E-state index in [0.29, 0.717) is 12.1 Å². The van der Waals surface area contributed by atoms with Gasteiger partial charge in [0.2, 0.25) is 0 Å². The molecule has 0 radical (unpaired) electrons. The van der Waals surface area contributed by atoms with Crippen molar-refractivity contribution in [2.45, 2.75) is 39.3 Å². The molecule has 0 aliphatic rings. The predicted octanol–water partition coefficient (Wildman–Crippen LogP) is 2.73. The largest absolute Gasteiger partial charge is 0.458 e. The summed E-state index contributed by atoms with van der Waals surface area (Å²) >= 11 is 0. The second-order valence-corrected chi connectivity index (χ2v) is 5.84. The van der Waals surface area contributed by atoms with E-state index in [4.69, 9.17) is 4.74 Å². The average Bonchev–Trinajstić information content (AvgIpc) is 2.42. The van der Waals surface area contributed by atoms with Crippen LogP contribution in [0.5, 0.6) is 0 Å². The number of nitrogens with one attached hydrogen (secondary N) is 1. The van der Waals surface area contributed by atoms with Gasteiger partial charge >= 0.3 is 12.0 Å². The van der Waals surface area contributed by atoms with Crippen LogP contribution in [0.3, 0.4) is 0 Å². The van der Waals surface area contributed by atoms with Gasteiger partial charge in [-0.15, -0.1) is 0 Å². The summed E-state index contributed by atoms with van der Waals surface area (Å²) in [4.78, 5) is 25.9. The van der Waals surface area contributed by atoms with Crippen molar-refractivity contribution in [2.24, 2.45) is 0 Å². The number of nitrogens with zero attached hydrogens (tertiary/aromatic N) is 1. The Labute approximate surface area is 126 Å². The number of urea groups is 1. The highest BCUT2D eigenvalue weighted by Gasteiger charge is 2.28. The highest BCUT2D eigenvalue weighted by atomic mass is 16.6. The normalized spacial score (nSPS) is 12.4. The summed E-state index contributed by atoms with van der Waals surface area (Å²) in [7, 11) is 1.67. The summed E-state index contributed by atoms with van der Waals surface area (Å²) in [5, 5.41) is 2.72. The van der Waals surface area contributed by atoms with Gasteiger partial charge in [-0.3, -0.25) is 0 Å². The van der Waals surface area contributed by atoms with Crippen molar-refractivity contribution in [3.63, 3.8) is 0 Å². The molecule has 0 aromatic heterocycles. The molecule has 0 saturated heterocycles. The fourth-order valence-electron chi connectivity index (χ4n) is 1.66. The van der Waals surface area contributed by atoms with Gasteiger partial charge in [0.15, 0.2) is 6.04 Å². The van der Waals surface area contributed by atoms with Crippen molar-refractivity contribution in [2.75, 3.05) is 13.6 Å². The third-order valence-corrected chi connectivity index (χ3v) is 2.86. The van der Waals surface area contributed by atoms with Crippen LogP contribution in [0.1, 0.15) is 39.3 Å². The molecule has 116 valence electrons. The number of rotatable bonds is 4. The lowest BCUT2D eigenvalue weighted by Gasteiger charge is -2.26. The summed E-state index contributed by atoms with van der Waals surface area (Å²) in [6.07, 6.45) is 0. The monoisotopic (exact) mass is 292 g/mol. The molecule has 2 amide bonds. The SMILES string of the molecule is CCN(C)C(=O)N[C@@H](C(=O)OC(C)(C)C)c1ccccc1. The van der Waals surface area contributed by atoms with Crippen molar-refractivity contribution in [1.29, 1.82) is 0 Å². The number of amides is 2. The van der Waals surface area contributed by atoms with Crippen molar-refractivity contribution in [3.8, 4) is 0 Å². The van der Waals surface area contributed by atoms with E-state index in [9.17, 15) is 9.59 Å². The quantitative estimate of drug-likeness (QED) is 0.868. The zero-order valence-corrected chi connectivity index (χ0v) is 13.3. The third-order valence-electron chi connectivity index (χ3n) is 2.86. The Bertz CT molecular complexity index is 480. The van der Waals surface area contributed by atoms with Crippen LogP contribution in [0.2, 0.25) is 0 Å². The van der Waals surface area contributed by atoms with Crippen molar-refractivity contribution >= 4 is 12.0 Å². The van der Waals surface area contributed by atoms with Gasteiger partial charge < -0.3 is 15.0 Å². The summed E-state index contributed by atoms with van der Waals surface area (Å²) in [6.45, 7) is 7.82. The Morgan fingerprint density at radius 2 is 1.81 bits per heavy atom. The molecular formula is C16H24N2O3. The molecule has 5 nitrogen and oxygen atoms in total. The lowest BCUT2D eigenvalue weighted by atomic mass is 10.1. The van der Waals surface area contributed by atoms with Crippen LogP contribution in [0.15, 0.2) is 30.3 Å². The van der Waals surface area contributed by atoms with Crippen LogP contribution >= 0.6 is 0 Å². The first-order chi connectivity index (χ1) is 9.74. The smallest absolute Gasteiger partial charge is 0.333 e. The molecule has 1 rings (SSSR count). The van der Waals surface area contributed by atoms with E-state index in [1.807, 2.05) is 25.1 Å². The molecule has 5 heteroatoms. The standard InChI is InChI=1S/C16H24N2O3/c1-6-18(5)15(20)17-13(12-10-8-7-9-11-12)14(19)21-16(2,3)4/h7-11,13H,6H2,1-5H3,(H,17,20)/t13-/m1/s1. The number of ether oxygens (including phenoxy) is 1. The lowest BCUT2D eigenvalue weighted by molar-refractivity contribution is -0.157. The van der Waals surface area contributed by atoms with E-state index >= 15 is 0 Å². The van der Waals surface area contributed by atoms with E-state index in [-0.39, 0.29) is 6.03 Å². The maximum atomic E-state index is 12.4. The van der Waals surface area contributed by atoms with Crippen LogP contribution in [-0.4, -0.2) is 36.1 Å². The van der Waals surface area contributed by atoms with Gasteiger partial charge in [0.1, 0.15) is 5.60 Å². The summed E-state index contributed by atoms with van der Waals surface area (Å²) in [5.41, 5.74) is 0.0931. The van der Waals surface area contributed by atoms with E-state index in [2.05, 4.69) is 5.32 Å². The van der Waals surface area contributed by atoms with Gasteiger partial charge in [-0.05, 0) is 33.3 Å². The molecule has 1 aromatic carbocycles. The second-order valence-electron chi connectivity index (χ2n) is 5.84. The van der Waals surface area contributed by atoms with Gasteiger partial charge in [-0.2, -0.15) is 0 Å². The fourth-order valence-corrected chi connectivity index (χ4v) is 1.66. The molecule has 0 aliphatic heterocycles. The zero-order valence-electron chi connectivity index (χ0n) is 13.3. The maximum Gasteiger partial charge on any atom is 0.333 e. The average molecular weight is 292 g/mol. The van der Waals surface area contributed by atoms with Crippen molar-refractivity contribution < 1.29 is 14.3 Å². The molecule has 21 heavy (non-hydrogen) atoms. The summed E-state index contributed by atoms with van der Waals surface area (Å²) in [6, 6.07) is 7.96. The maximum absolute atomic E-state index is 12.4. The van der Waals surface area contributed by atoms with Gasteiger partial charge in [0, 0.05) is 13.6 Å². The Balaban J connectivity index is 2.96. The molecule has 0 saturated carbocycles. The first-order valence-electron chi connectivity index (χ1n) is 7.04. The number of esters is 1. The van der Waals surface area contributed by atoms with Crippen LogP contribution in [-0.2, 0) is 9.53 Å². The zero-order chi connectivity index (χ0) is 16.0. The molecular weight excluding hydrogens is 268 g/mol. The molecule has 0 bridgehead atoms. The van der Waals surface area contributed by atoms with Crippen LogP contribution in [0.25, 0.3) is 0 Å². The predicted molar refractivity (Wildman–Crippen MR) is 81.9 cm³/mol. The minimum Gasteiger partial charge on any atom is -0.458 e. The number of hydrogen-bond donors (Lipinski definition) is 1. The molecule has 0 unspecified atom stereocenters. The van der Waals surface area contributed by atoms with Crippen LogP contribution in [0.4, 0.5) is 4.79 Å². The topological polar surface area (TPSA) is 58.6 Å². The van der Waals surface area contributed by atoms with Crippen LogP contribution < -0.4 is 5.32 Å². The number of carbonyl (C=O) groups excluding carboxylic acids is 2. The summed E-state index contributed by atoms with van der Waals surface area (Å²) < 4.78 is 5.40.